The molecule has 76 valence electrons. The predicted octanol–water partition coefficient (Wildman–Crippen LogP) is 3.96. The Hall–Kier alpha value is -1.22. The second-order valence-corrected chi connectivity index (χ2v) is 4.16. The van der Waals surface area contributed by atoms with Crippen molar-refractivity contribution >= 4 is 15.9 Å². The average Bonchev–Trinajstić information content (AvgIpc) is 2.24. The van der Waals surface area contributed by atoms with E-state index in [9.17, 15) is 4.39 Å². The van der Waals surface area contributed by atoms with Gasteiger partial charge in [-0.25, -0.2) is 4.39 Å². The Labute approximate surface area is 96.1 Å². The molecule has 0 aliphatic rings. The summed E-state index contributed by atoms with van der Waals surface area (Å²) in [7, 11) is 0. The van der Waals surface area contributed by atoms with E-state index >= 15 is 0 Å². The van der Waals surface area contributed by atoms with Gasteiger partial charge in [0.05, 0.1) is 0 Å². The van der Waals surface area contributed by atoms with Crippen LogP contribution in [0.25, 0.3) is 11.1 Å². The molecule has 0 N–H and O–H groups in total. The van der Waals surface area contributed by atoms with Gasteiger partial charge in [-0.2, -0.15) is 0 Å². The zero-order valence-electron chi connectivity index (χ0n) is 8.17. The monoisotopic (exact) mass is 265 g/mol. The lowest BCUT2D eigenvalue weighted by atomic mass is 10.0. The summed E-state index contributed by atoms with van der Waals surface area (Å²) in [4.78, 5) is 4.10. The normalized spacial score (nSPS) is 10.3. The lowest BCUT2D eigenvalue weighted by Gasteiger charge is -2.06. The number of benzene rings is 1. The van der Waals surface area contributed by atoms with Gasteiger partial charge >= 0.3 is 0 Å². The average molecular weight is 266 g/mol. The Balaban J connectivity index is 2.54. The molecule has 0 atom stereocenters. The number of pyridine rings is 1. The van der Waals surface area contributed by atoms with E-state index in [1.165, 1.54) is 12.1 Å². The van der Waals surface area contributed by atoms with Gasteiger partial charge < -0.3 is 0 Å². The van der Waals surface area contributed by atoms with Crippen molar-refractivity contribution in [3.63, 3.8) is 0 Å². The van der Waals surface area contributed by atoms with Crippen LogP contribution in [0.1, 0.15) is 5.56 Å². The minimum absolute atomic E-state index is 0.223. The highest BCUT2D eigenvalue weighted by Gasteiger charge is 2.04. The van der Waals surface area contributed by atoms with E-state index in [-0.39, 0.29) is 5.82 Å². The smallest absolute Gasteiger partial charge is 0.123 e. The zero-order chi connectivity index (χ0) is 10.8. The maximum Gasteiger partial charge on any atom is 0.123 e. The van der Waals surface area contributed by atoms with Gasteiger partial charge in [-0.15, -0.1) is 0 Å². The molecular weight excluding hydrogens is 257 g/mol. The van der Waals surface area contributed by atoms with Crippen molar-refractivity contribution in [3.8, 4) is 11.1 Å². The molecule has 0 bridgehead atoms. The largest absolute Gasteiger partial charge is 0.263 e. The number of aromatic nitrogens is 1. The summed E-state index contributed by atoms with van der Waals surface area (Å²) in [5.74, 6) is -0.223. The summed E-state index contributed by atoms with van der Waals surface area (Å²) < 4.78 is 13.7. The Bertz CT molecular complexity index is 479. The summed E-state index contributed by atoms with van der Waals surface area (Å²) in [5, 5.41) is 0. The first kappa shape index (κ1) is 10.3. The number of nitrogens with zero attached hydrogens (tertiary/aromatic N) is 1. The molecular formula is C12H9BrFN. The molecule has 0 spiro atoms. The number of hydrogen-bond donors (Lipinski definition) is 0. The first-order valence-corrected chi connectivity index (χ1v) is 5.34. The van der Waals surface area contributed by atoms with Crippen molar-refractivity contribution in [2.45, 2.75) is 6.92 Å². The molecule has 0 saturated carbocycles. The summed E-state index contributed by atoms with van der Waals surface area (Å²) >= 11 is 3.42. The SMILES string of the molecule is Cc1c(Br)cncc1-c1ccc(F)cc1. The van der Waals surface area contributed by atoms with E-state index in [1.54, 1.807) is 24.5 Å². The minimum atomic E-state index is -0.223. The van der Waals surface area contributed by atoms with Crippen molar-refractivity contribution in [1.29, 1.82) is 0 Å². The van der Waals surface area contributed by atoms with Crippen LogP contribution in [-0.2, 0) is 0 Å². The van der Waals surface area contributed by atoms with Crippen LogP contribution in [0, 0.1) is 12.7 Å². The molecule has 0 unspecified atom stereocenters. The molecule has 2 rings (SSSR count). The third-order valence-electron chi connectivity index (χ3n) is 2.31. The van der Waals surface area contributed by atoms with Crippen LogP contribution in [0.5, 0.6) is 0 Å². The topological polar surface area (TPSA) is 12.9 Å². The van der Waals surface area contributed by atoms with Crippen LogP contribution < -0.4 is 0 Å². The number of hydrogen-bond acceptors (Lipinski definition) is 1. The highest BCUT2D eigenvalue weighted by atomic mass is 79.9. The fourth-order valence-corrected chi connectivity index (χ4v) is 1.75. The molecule has 15 heavy (non-hydrogen) atoms. The van der Waals surface area contributed by atoms with Crippen LogP contribution in [0.3, 0.4) is 0 Å². The number of halogens is 2. The molecule has 1 nitrogen and oxygen atoms in total. The van der Waals surface area contributed by atoms with Crippen molar-refractivity contribution in [1.82, 2.24) is 4.98 Å². The zero-order valence-corrected chi connectivity index (χ0v) is 9.75. The van der Waals surface area contributed by atoms with Crippen LogP contribution in [0.2, 0.25) is 0 Å². The maximum absolute atomic E-state index is 12.8. The molecule has 0 aliphatic heterocycles. The van der Waals surface area contributed by atoms with E-state index in [0.29, 0.717) is 0 Å². The first-order chi connectivity index (χ1) is 7.18. The Morgan fingerprint density at radius 2 is 1.80 bits per heavy atom. The summed E-state index contributed by atoms with van der Waals surface area (Å²) in [6.45, 7) is 2.00. The van der Waals surface area contributed by atoms with Crippen molar-refractivity contribution in [3.05, 3.63) is 52.5 Å². The molecule has 0 saturated heterocycles. The van der Waals surface area contributed by atoms with Crippen LogP contribution >= 0.6 is 15.9 Å². The molecule has 1 aromatic heterocycles. The summed E-state index contributed by atoms with van der Waals surface area (Å²) in [5.41, 5.74) is 3.10. The van der Waals surface area contributed by atoms with Gasteiger partial charge in [0.2, 0.25) is 0 Å². The van der Waals surface area contributed by atoms with E-state index < -0.39 is 0 Å². The summed E-state index contributed by atoms with van der Waals surface area (Å²) in [6, 6.07) is 6.42. The fourth-order valence-electron chi connectivity index (χ4n) is 1.42. The van der Waals surface area contributed by atoms with E-state index in [2.05, 4.69) is 20.9 Å². The highest BCUT2D eigenvalue weighted by molar-refractivity contribution is 9.10. The molecule has 1 heterocycles. The van der Waals surface area contributed by atoms with Gasteiger partial charge in [-0.05, 0) is 46.1 Å². The molecule has 2 aromatic rings. The quantitative estimate of drug-likeness (QED) is 0.761. The highest BCUT2D eigenvalue weighted by Crippen LogP contribution is 2.27. The van der Waals surface area contributed by atoms with Crippen LogP contribution in [0.4, 0.5) is 4.39 Å². The second kappa shape index (κ2) is 4.11. The van der Waals surface area contributed by atoms with Crippen LogP contribution in [0.15, 0.2) is 41.1 Å². The predicted molar refractivity (Wildman–Crippen MR) is 62.1 cm³/mol. The molecule has 0 fully saturated rings. The molecule has 0 aliphatic carbocycles. The molecule has 3 heteroatoms. The third-order valence-corrected chi connectivity index (χ3v) is 3.11. The van der Waals surface area contributed by atoms with E-state index in [0.717, 1.165) is 21.2 Å². The lowest BCUT2D eigenvalue weighted by Crippen LogP contribution is -1.87. The summed E-state index contributed by atoms with van der Waals surface area (Å²) in [6.07, 6.45) is 3.54. The molecule has 0 radical (unpaired) electrons. The fraction of sp³-hybridized carbons (Fsp3) is 0.0833. The Morgan fingerprint density at radius 3 is 2.47 bits per heavy atom. The minimum Gasteiger partial charge on any atom is -0.263 e. The van der Waals surface area contributed by atoms with E-state index in [1.807, 2.05) is 6.92 Å². The third kappa shape index (κ3) is 2.07. The van der Waals surface area contributed by atoms with Crippen molar-refractivity contribution in [2.24, 2.45) is 0 Å². The second-order valence-electron chi connectivity index (χ2n) is 3.30. The van der Waals surface area contributed by atoms with Crippen molar-refractivity contribution in [2.75, 3.05) is 0 Å². The first-order valence-electron chi connectivity index (χ1n) is 4.54. The van der Waals surface area contributed by atoms with Gasteiger partial charge in [0.25, 0.3) is 0 Å². The Kier molecular flexibility index (Phi) is 2.82. The standard InChI is InChI=1S/C12H9BrFN/c1-8-11(6-15-7-12(8)13)9-2-4-10(14)5-3-9/h2-7H,1H3. The number of rotatable bonds is 1. The molecule has 1 aromatic carbocycles. The van der Waals surface area contributed by atoms with Gasteiger partial charge in [0.1, 0.15) is 5.82 Å². The van der Waals surface area contributed by atoms with Gasteiger partial charge in [0.15, 0.2) is 0 Å². The van der Waals surface area contributed by atoms with Gasteiger partial charge in [-0.3, -0.25) is 4.98 Å². The Morgan fingerprint density at radius 1 is 1.13 bits per heavy atom. The van der Waals surface area contributed by atoms with Gasteiger partial charge in [0, 0.05) is 22.4 Å². The van der Waals surface area contributed by atoms with Crippen molar-refractivity contribution < 1.29 is 4.39 Å². The maximum atomic E-state index is 12.8. The van der Waals surface area contributed by atoms with Crippen LogP contribution in [-0.4, -0.2) is 4.98 Å². The van der Waals surface area contributed by atoms with E-state index in [4.69, 9.17) is 0 Å². The van der Waals surface area contributed by atoms with Gasteiger partial charge in [-0.1, -0.05) is 12.1 Å². The molecule has 0 amide bonds. The lowest BCUT2D eigenvalue weighted by molar-refractivity contribution is 0.628.